The monoisotopic (exact) mass is 184 g/mol. The molecule has 0 N–H and O–H groups in total. The van der Waals surface area contributed by atoms with Crippen LogP contribution in [0.1, 0.15) is 10.5 Å². The third-order valence-corrected chi connectivity index (χ3v) is 0.822. The van der Waals surface area contributed by atoms with Crippen molar-refractivity contribution < 1.29 is 74.1 Å². The van der Waals surface area contributed by atoms with E-state index < -0.39 is 17.5 Å². The maximum Gasteiger partial charge on any atom is 1.00 e. The molecule has 1 aromatic rings. The summed E-state index contributed by atoms with van der Waals surface area (Å²) in [5.74, 6) is -2.17. The molecule has 5 nitrogen and oxygen atoms in total. The van der Waals surface area contributed by atoms with E-state index >= 15 is 0 Å². The second-order valence-corrected chi connectivity index (χ2v) is 1.53. The van der Waals surface area contributed by atoms with Gasteiger partial charge in [-0.25, -0.2) is 0 Å². The quantitative estimate of drug-likeness (QED) is 0.404. The topological polar surface area (TPSA) is 89.0 Å². The van der Waals surface area contributed by atoms with Crippen molar-refractivity contribution in [2.24, 2.45) is 0 Å². The van der Waals surface area contributed by atoms with Crippen LogP contribution < -0.4 is 69.3 Å². The molecule has 0 unspecified atom stereocenters. The summed E-state index contributed by atoms with van der Waals surface area (Å²) < 4.78 is 0. The molecule has 0 aliphatic carbocycles. The van der Waals surface area contributed by atoms with Crippen LogP contribution in [0.3, 0.4) is 0 Å². The van der Waals surface area contributed by atoms with E-state index in [1.165, 1.54) is 0 Å². The first-order chi connectivity index (χ1) is 4.70. The Bertz CT molecular complexity index is 269. The van der Waals surface area contributed by atoms with Crippen LogP contribution >= 0.6 is 0 Å². The normalized spacial score (nSPS) is 7.67. The van der Waals surface area contributed by atoms with E-state index in [1.54, 1.807) is 0 Å². The molecule has 0 aliphatic rings. The number of nitrogens with zero attached hydrogens (tertiary/aromatic N) is 2. The Morgan fingerprint density at radius 1 is 1.33 bits per heavy atom. The zero-order chi connectivity index (χ0) is 7.56. The van der Waals surface area contributed by atoms with Gasteiger partial charge in [0, 0.05) is 12.1 Å². The molecule has 0 aromatic carbocycles. The van der Waals surface area contributed by atoms with E-state index in [2.05, 4.69) is 9.97 Å². The van der Waals surface area contributed by atoms with Gasteiger partial charge >= 0.3 is 59.1 Å². The summed E-state index contributed by atoms with van der Waals surface area (Å²) in [6.07, 6.45) is 1.88. The number of carboxylic acid groups (broad SMARTS) is 1. The minimum Gasteiger partial charge on any atom is -0.858 e. The van der Waals surface area contributed by atoms with Crippen molar-refractivity contribution in [3.63, 3.8) is 0 Å². The van der Waals surface area contributed by atoms with Crippen molar-refractivity contribution in [1.82, 2.24) is 9.97 Å². The fourth-order valence-corrected chi connectivity index (χ4v) is 0.446. The fourth-order valence-electron chi connectivity index (χ4n) is 0.446. The number of aromatic nitrogens is 2. The standard InChI is InChI=1S/C5H4N2O3.2Na/c8-4-2-6-1-3(7-4)5(9)10;;/h1-2H,(H,7,8)(H,9,10);;/q;2*+1/p-2. The SMILES string of the molecule is O=C([O-])c1cncc([O-])n1.[Na+].[Na+]. The summed E-state index contributed by atoms with van der Waals surface area (Å²) in [4.78, 5) is 16.4. The molecule has 0 saturated heterocycles. The van der Waals surface area contributed by atoms with E-state index in [4.69, 9.17) is 0 Å². The first-order valence-corrected chi connectivity index (χ1v) is 2.40. The van der Waals surface area contributed by atoms with Crippen LogP contribution in [-0.2, 0) is 0 Å². The number of rotatable bonds is 1. The van der Waals surface area contributed by atoms with Gasteiger partial charge in [0.25, 0.3) is 0 Å². The second-order valence-electron chi connectivity index (χ2n) is 1.53. The molecule has 0 saturated carbocycles. The molecule has 0 bridgehead atoms. The van der Waals surface area contributed by atoms with E-state index in [1.807, 2.05) is 0 Å². The predicted octanol–water partition coefficient (Wildman–Crippen LogP) is -8.08. The van der Waals surface area contributed by atoms with Gasteiger partial charge in [-0.15, -0.1) is 0 Å². The van der Waals surface area contributed by atoms with Gasteiger partial charge in [-0.05, 0) is 0 Å². The minimum absolute atomic E-state index is 0. The number of carboxylic acids is 1. The number of aromatic carboxylic acids is 1. The van der Waals surface area contributed by atoms with Crippen LogP contribution in [0, 0.1) is 0 Å². The Balaban J connectivity index is 0. The van der Waals surface area contributed by atoms with Crippen LogP contribution in [-0.4, -0.2) is 15.9 Å². The Hall–Kier alpha value is 0.350. The zero-order valence-electron chi connectivity index (χ0n) is 6.77. The van der Waals surface area contributed by atoms with Crippen molar-refractivity contribution in [3.8, 4) is 5.88 Å². The number of hydrogen-bond donors (Lipinski definition) is 0. The maximum absolute atomic E-state index is 10.3. The third-order valence-electron chi connectivity index (χ3n) is 0.822. The molecule has 1 rings (SSSR count). The summed E-state index contributed by atoms with van der Waals surface area (Å²) in [6.45, 7) is 0. The molecule has 0 aliphatic heterocycles. The molecule has 0 fully saturated rings. The largest absolute Gasteiger partial charge is 1.00 e. The molecule has 0 radical (unpaired) electrons. The Morgan fingerprint density at radius 2 is 1.92 bits per heavy atom. The van der Waals surface area contributed by atoms with E-state index in [-0.39, 0.29) is 59.1 Å². The van der Waals surface area contributed by atoms with E-state index in [0.717, 1.165) is 12.4 Å². The molecule has 0 atom stereocenters. The Morgan fingerprint density at radius 3 is 2.25 bits per heavy atom. The van der Waals surface area contributed by atoms with Gasteiger partial charge in [0.1, 0.15) is 5.69 Å². The van der Waals surface area contributed by atoms with Crippen LogP contribution in [0.4, 0.5) is 0 Å². The Kier molecular flexibility index (Phi) is 8.44. The summed E-state index contributed by atoms with van der Waals surface area (Å²) >= 11 is 0. The van der Waals surface area contributed by atoms with Crippen molar-refractivity contribution >= 4 is 5.97 Å². The second kappa shape index (κ2) is 6.82. The molecule has 1 heterocycles. The molecule has 7 heteroatoms. The average Bonchev–Trinajstić information content (AvgIpc) is 1.88. The van der Waals surface area contributed by atoms with Gasteiger partial charge in [-0.3, -0.25) is 9.97 Å². The first kappa shape index (κ1) is 14.9. The smallest absolute Gasteiger partial charge is 0.858 e. The molecule has 1 aromatic heterocycles. The summed E-state index contributed by atoms with van der Waals surface area (Å²) in [5, 5.41) is 20.3. The van der Waals surface area contributed by atoms with Crippen molar-refractivity contribution in [3.05, 3.63) is 18.1 Å². The van der Waals surface area contributed by atoms with Gasteiger partial charge in [-0.2, -0.15) is 0 Å². The molecule has 0 amide bonds. The summed E-state index contributed by atoms with van der Waals surface area (Å²) in [7, 11) is 0. The van der Waals surface area contributed by atoms with Gasteiger partial charge < -0.3 is 15.0 Å². The number of hydrogen-bond acceptors (Lipinski definition) is 5. The van der Waals surface area contributed by atoms with Crippen LogP contribution in [0.15, 0.2) is 12.4 Å². The predicted molar refractivity (Wildman–Crippen MR) is 25.8 cm³/mol. The molecule has 12 heavy (non-hydrogen) atoms. The molecule has 0 spiro atoms. The van der Waals surface area contributed by atoms with Crippen molar-refractivity contribution in [1.29, 1.82) is 0 Å². The molecule has 52 valence electrons. The first-order valence-electron chi connectivity index (χ1n) is 2.40. The van der Waals surface area contributed by atoms with E-state index in [9.17, 15) is 15.0 Å². The number of carbonyl (C=O) groups excluding carboxylic acids is 1. The minimum atomic E-state index is -1.50. The molecular formula is C5H2N2Na2O3. The van der Waals surface area contributed by atoms with E-state index in [0.29, 0.717) is 0 Å². The fraction of sp³-hybridized carbons (Fsp3) is 0. The average molecular weight is 184 g/mol. The number of carbonyl (C=O) groups is 1. The third kappa shape index (κ3) is 4.39. The zero-order valence-corrected chi connectivity index (χ0v) is 10.8. The maximum atomic E-state index is 10.3. The van der Waals surface area contributed by atoms with Gasteiger partial charge in [0.15, 0.2) is 0 Å². The van der Waals surface area contributed by atoms with Crippen LogP contribution in [0.5, 0.6) is 5.88 Å². The van der Waals surface area contributed by atoms with Crippen LogP contribution in [0.2, 0.25) is 0 Å². The summed E-state index contributed by atoms with van der Waals surface area (Å²) in [5.41, 5.74) is -0.437. The molecular weight excluding hydrogens is 182 g/mol. The Labute approximate surface area is 113 Å². The van der Waals surface area contributed by atoms with Gasteiger partial charge in [-0.1, -0.05) is 0 Å². The summed E-state index contributed by atoms with van der Waals surface area (Å²) in [6, 6.07) is 0. The van der Waals surface area contributed by atoms with Crippen molar-refractivity contribution in [2.45, 2.75) is 0 Å². The van der Waals surface area contributed by atoms with Gasteiger partial charge in [0.2, 0.25) is 0 Å². The van der Waals surface area contributed by atoms with Crippen molar-refractivity contribution in [2.75, 3.05) is 0 Å². The van der Waals surface area contributed by atoms with Gasteiger partial charge in [0.05, 0.1) is 12.2 Å². The van der Waals surface area contributed by atoms with Crippen LogP contribution in [0.25, 0.3) is 0 Å².